The first kappa shape index (κ1) is 20.9. The first-order valence-electron chi connectivity index (χ1n) is 8.40. The Bertz CT molecular complexity index is 904. The molecule has 2 aromatic rings. The molecule has 2 rings (SSSR count). The molecule has 8 nitrogen and oxygen atoms in total. The fraction of sp³-hybridized carbons (Fsp3) is 0.300. The van der Waals surface area contributed by atoms with Crippen LogP contribution >= 0.6 is 0 Å². The van der Waals surface area contributed by atoms with Crippen LogP contribution in [0.3, 0.4) is 0 Å². The van der Waals surface area contributed by atoms with E-state index in [0.29, 0.717) is 24.1 Å². The lowest BCUT2D eigenvalue weighted by Crippen LogP contribution is -2.18. The molecule has 0 saturated carbocycles. The van der Waals surface area contributed by atoms with E-state index in [9.17, 15) is 19.5 Å². The Morgan fingerprint density at radius 3 is 1.93 bits per heavy atom. The van der Waals surface area contributed by atoms with Gasteiger partial charge in [0.15, 0.2) is 5.75 Å². The third kappa shape index (κ3) is 4.28. The summed E-state index contributed by atoms with van der Waals surface area (Å²) < 4.78 is 14.1. The molecular weight excluding hydrogens is 366 g/mol. The zero-order valence-corrected chi connectivity index (χ0v) is 16.1. The van der Waals surface area contributed by atoms with Gasteiger partial charge in [-0.25, -0.2) is 14.4 Å². The van der Waals surface area contributed by atoms with Gasteiger partial charge in [-0.15, -0.1) is 0 Å². The summed E-state index contributed by atoms with van der Waals surface area (Å²) in [7, 11) is 3.64. The van der Waals surface area contributed by atoms with Crippen molar-refractivity contribution in [1.82, 2.24) is 4.98 Å². The number of pyridine rings is 1. The second-order valence-electron chi connectivity index (χ2n) is 5.91. The minimum atomic E-state index is -0.855. The second kappa shape index (κ2) is 8.98. The van der Waals surface area contributed by atoms with E-state index < -0.39 is 23.7 Å². The highest BCUT2D eigenvalue weighted by Crippen LogP contribution is 2.28. The van der Waals surface area contributed by atoms with Gasteiger partial charge in [0.05, 0.1) is 43.8 Å². The van der Waals surface area contributed by atoms with Gasteiger partial charge in [-0.05, 0) is 37.5 Å². The van der Waals surface area contributed by atoms with E-state index in [2.05, 4.69) is 9.72 Å². The SMILES string of the molecule is COC(=O)c1ccc(CCc2nc(C)c(O)c(C(=O)OC)c2C(=O)OC)cc1. The Labute approximate surface area is 162 Å². The Kier molecular flexibility index (Phi) is 6.70. The third-order valence-corrected chi connectivity index (χ3v) is 4.23. The molecule has 0 amide bonds. The molecule has 0 bridgehead atoms. The molecule has 1 heterocycles. The quantitative estimate of drug-likeness (QED) is 0.593. The molecule has 1 aromatic carbocycles. The van der Waals surface area contributed by atoms with Crippen molar-refractivity contribution in [3.8, 4) is 5.75 Å². The largest absolute Gasteiger partial charge is 0.505 e. The maximum atomic E-state index is 12.3. The lowest BCUT2D eigenvalue weighted by Gasteiger charge is -2.14. The molecule has 0 aliphatic rings. The topological polar surface area (TPSA) is 112 Å². The Balaban J connectivity index is 2.39. The molecule has 0 spiro atoms. The zero-order chi connectivity index (χ0) is 20.8. The molecule has 0 saturated heterocycles. The minimum Gasteiger partial charge on any atom is -0.505 e. The van der Waals surface area contributed by atoms with Gasteiger partial charge in [0, 0.05) is 0 Å². The standard InChI is InChI=1S/C20H21NO7/c1-11-17(22)16(20(25)28-4)15(19(24)27-3)14(21-11)10-7-12-5-8-13(9-6-12)18(23)26-2/h5-6,8-9,22H,7,10H2,1-4H3. The summed E-state index contributed by atoms with van der Waals surface area (Å²) in [6.07, 6.45) is 0.774. The maximum absolute atomic E-state index is 12.3. The molecule has 0 unspecified atom stereocenters. The average molecular weight is 387 g/mol. The van der Waals surface area contributed by atoms with Gasteiger partial charge < -0.3 is 19.3 Å². The number of methoxy groups -OCH3 is 3. The Morgan fingerprint density at radius 1 is 0.857 bits per heavy atom. The summed E-state index contributed by atoms with van der Waals surface area (Å²) in [6, 6.07) is 6.80. The fourth-order valence-corrected chi connectivity index (χ4v) is 2.75. The molecule has 8 heteroatoms. The van der Waals surface area contributed by atoms with Gasteiger partial charge in [0.25, 0.3) is 0 Å². The number of ether oxygens (including phenoxy) is 3. The van der Waals surface area contributed by atoms with Gasteiger partial charge in [0.1, 0.15) is 5.56 Å². The van der Waals surface area contributed by atoms with Crippen LogP contribution in [0.4, 0.5) is 0 Å². The van der Waals surface area contributed by atoms with Crippen LogP contribution in [0.1, 0.15) is 48.0 Å². The Morgan fingerprint density at radius 2 is 1.39 bits per heavy atom. The van der Waals surface area contributed by atoms with Crippen LogP contribution in [-0.4, -0.2) is 49.3 Å². The van der Waals surface area contributed by atoms with Gasteiger partial charge in [-0.2, -0.15) is 0 Å². The number of carbonyl (C=O) groups is 3. The number of aromatic hydroxyl groups is 1. The monoisotopic (exact) mass is 387 g/mol. The van der Waals surface area contributed by atoms with Gasteiger partial charge >= 0.3 is 17.9 Å². The number of esters is 3. The van der Waals surface area contributed by atoms with Crippen LogP contribution in [0, 0.1) is 6.92 Å². The molecule has 1 aromatic heterocycles. The third-order valence-electron chi connectivity index (χ3n) is 4.23. The first-order chi connectivity index (χ1) is 13.3. The highest BCUT2D eigenvalue weighted by molar-refractivity contribution is 6.06. The molecule has 0 radical (unpaired) electrons. The zero-order valence-electron chi connectivity index (χ0n) is 16.1. The van der Waals surface area contributed by atoms with Crippen LogP contribution in [-0.2, 0) is 27.1 Å². The van der Waals surface area contributed by atoms with Crippen molar-refractivity contribution in [2.75, 3.05) is 21.3 Å². The van der Waals surface area contributed by atoms with Crippen molar-refractivity contribution in [1.29, 1.82) is 0 Å². The predicted octanol–water partition coefficient (Wildman–Crippen LogP) is 2.24. The molecule has 0 aliphatic carbocycles. The first-order valence-corrected chi connectivity index (χ1v) is 8.40. The molecule has 1 N–H and O–H groups in total. The van der Waals surface area contributed by atoms with Crippen LogP contribution < -0.4 is 0 Å². The number of aryl methyl sites for hydroxylation is 3. The van der Waals surface area contributed by atoms with E-state index in [0.717, 1.165) is 12.7 Å². The van der Waals surface area contributed by atoms with Crippen molar-refractivity contribution in [2.24, 2.45) is 0 Å². The lowest BCUT2D eigenvalue weighted by molar-refractivity contribution is 0.0550. The molecular formula is C20H21NO7. The Hall–Kier alpha value is -3.42. The van der Waals surface area contributed by atoms with Crippen molar-refractivity contribution >= 4 is 17.9 Å². The summed E-state index contributed by atoms with van der Waals surface area (Å²) in [5, 5.41) is 10.2. The summed E-state index contributed by atoms with van der Waals surface area (Å²) in [6.45, 7) is 1.53. The van der Waals surface area contributed by atoms with Crippen molar-refractivity contribution in [2.45, 2.75) is 19.8 Å². The molecule has 0 aliphatic heterocycles. The summed E-state index contributed by atoms with van der Waals surface area (Å²) >= 11 is 0. The number of rotatable bonds is 6. The van der Waals surface area contributed by atoms with Gasteiger partial charge in [0.2, 0.25) is 0 Å². The molecule has 0 atom stereocenters. The van der Waals surface area contributed by atoms with E-state index in [1.54, 1.807) is 24.3 Å². The number of hydrogen-bond donors (Lipinski definition) is 1. The van der Waals surface area contributed by atoms with Crippen molar-refractivity contribution in [3.63, 3.8) is 0 Å². The summed E-state index contributed by atoms with van der Waals surface area (Å²) in [5.74, 6) is -2.50. The fourth-order valence-electron chi connectivity index (χ4n) is 2.75. The molecule has 28 heavy (non-hydrogen) atoms. The van der Waals surface area contributed by atoms with E-state index in [-0.39, 0.29) is 16.8 Å². The summed E-state index contributed by atoms with van der Waals surface area (Å²) in [5.41, 5.74) is 1.42. The van der Waals surface area contributed by atoms with Crippen LogP contribution in [0.5, 0.6) is 5.75 Å². The smallest absolute Gasteiger partial charge is 0.342 e. The highest BCUT2D eigenvalue weighted by atomic mass is 16.5. The van der Waals surface area contributed by atoms with Gasteiger partial charge in [-0.3, -0.25) is 4.98 Å². The van der Waals surface area contributed by atoms with Crippen molar-refractivity contribution < 1.29 is 33.7 Å². The number of benzene rings is 1. The minimum absolute atomic E-state index is 0.122. The second-order valence-corrected chi connectivity index (χ2v) is 5.91. The average Bonchev–Trinajstić information content (AvgIpc) is 2.72. The highest BCUT2D eigenvalue weighted by Gasteiger charge is 2.28. The van der Waals surface area contributed by atoms with Gasteiger partial charge in [-0.1, -0.05) is 12.1 Å². The molecule has 0 fully saturated rings. The number of nitrogens with zero attached hydrogens (tertiary/aromatic N) is 1. The van der Waals surface area contributed by atoms with E-state index in [4.69, 9.17) is 9.47 Å². The molecule has 148 valence electrons. The van der Waals surface area contributed by atoms with Crippen LogP contribution in [0.2, 0.25) is 0 Å². The van der Waals surface area contributed by atoms with Crippen molar-refractivity contribution in [3.05, 3.63) is 57.9 Å². The lowest BCUT2D eigenvalue weighted by atomic mass is 9.98. The number of aromatic nitrogens is 1. The predicted molar refractivity (Wildman–Crippen MR) is 98.5 cm³/mol. The normalized spacial score (nSPS) is 10.3. The van der Waals surface area contributed by atoms with E-state index in [1.165, 1.54) is 21.1 Å². The number of hydrogen-bond acceptors (Lipinski definition) is 8. The number of carbonyl (C=O) groups excluding carboxylic acids is 3. The van der Waals surface area contributed by atoms with E-state index >= 15 is 0 Å². The van der Waals surface area contributed by atoms with Crippen LogP contribution in [0.15, 0.2) is 24.3 Å². The summed E-state index contributed by atoms with van der Waals surface area (Å²) in [4.78, 5) is 40.2. The van der Waals surface area contributed by atoms with E-state index in [1.807, 2.05) is 0 Å². The maximum Gasteiger partial charge on any atom is 0.342 e. The van der Waals surface area contributed by atoms with Crippen LogP contribution in [0.25, 0.3) is 0 Å².